The van der Waals surface area contributed by atoms with Gasteiger partial charge in [-0.1, -0.05) is 23.1 Å². The van der Waals surface area contributed by atoms with Crippen LogP contribution in [0, 0.1) is 6.92 Å². The van der Waals surface area contributed by atoms with Crippen LogP contribution in [0.4, 0.5) is 0 Å². The number of aliphatic hydroxyl groups excluding tert-OH is 1. The van der Waals surface area contributed by atoms with Gasteiger partial charge in [-0.25, -0.2) is 0 Å². The van der Waals surface area contributed by atoms with Crippen molar-refractivity contribution in [2.45, 2.75) is 41.9 Å². The molecule has 1 heterocycles. The molecule has 72 valence electrons. The van der Waals surface area contributed by atoms with Crippen LogP contribution in [0.2, 0.25) is 0 Å². The van der Waals surface area contributed by atoms with Gasteiger partial charge in [-0.05, 0) is 26.2 Å². The zero-order valence-corrected chi connectivity index (χ0v) is 9.07. The standard InChI is InChI=1S/C8H12N2OS2/c1-5-9-10-8(12-5)13-7-4-2-3-6(7)11/h6-7,11H,2-4H2,1H3/t6-,7-/m1/s1. The molecule has 5 heteroatoms. The molecule has 1 aliphatic rings. The average Bonchev–Trinajstić information content (AvgIpc) is 2.64. The van der Waals surface area contributed by atoms with E-state index in [-0.39, 0.29) is 6.10 Å². The first kappa shape index (κ1) is 9.43. The monoisotopic (exact) mass is 216 g/mol. The van der Waals surface area contributed by atoms with Gasteiger partial charge in [-0.2, -0.15) is 0 Å². The topological polar surface area (TPSA) is 46.0 Å². The Balaban J connectivity index is 1.97. The lowest BCUT2D eigenvalue weighted by atomic mass is 10.3. The van der Waals surface area contributed by atoms with Crippen LogP contribution >= 0.6 is 23.1 Å². The minimum atomic E-state index is -0.144. The van der Waals surface area contributed by atoms with Gasteiger partial charge in [0.1, 0.15) is 5.01 Å². The molecule has 3 nitrogen and oxygen atoms in total. The fourth-order valence-corrected chi connectivity index (χ4v) is 3.77. The molecule has 0 radical (unpaired) electrons. The van der Waals surface area contributed by atoms with E-state index in [4.69, 9.17) is 0 Å². The van der Waals surface area contributed by atoms with Crippen LogP contribution in [-0.4, -0.2) is 26.7 Å². The highest BCUT2D eigenvalue weighted by Crippen LogP contribution is 2.35. The highest BCUT2D eigenvalue weighted by Gasteiger charge is 2.27. The molecule has 0 bridgehead atoms. The van der Waals surface area contributed by atoms with E-state index >= 15 is 0 Å². The fraction of sp³-hybridized carbons (Fsp3) is 0.750. The van der Waals surface area contributed by atoms with Crippen LogP contribution < -0.4 is 0 Å². The third kappa shape index (κ3) is 2.21. The molecule has 1 fully saturated rings. The molecule has 1 saturated carbocycles. The summed E-state index contributed by atoms with van der Waals surface area (Å²) < 4.78 is 0.989. The third-order valence-electron chi connectivity index (χ3n) is 2.18. The Morgan fingerprint density at radius 1 is 1.46 bits per heavy atom. The molecule has 2 atom stereocenters. The van der Waals surface area contributed by atoms with Gasteiger partial charge < -0.3 is 5.11 Å². The number of hydrogen-bond donors (Lipinski definition) is 1. The number of aromatic nitrogens is 2. The van der Waals surface area contributed by atoms with Crippen molar-refractivity contribution in [1.82, 2.24) is 10.2 Å². The second-order valence-electron chi connectivity index (χ2n) is 3.24. The lowest BCUT2D eigenvalue weighted by Crippen LogP contribution is -2.14. The predicted molar refractivity (Wildman–Crippen MR) is 54.1 cm³/mol. The Labute approximate surface area is 85.6 Å². The Hall–Kier alpha value is -0.130. The van der Waals surface area contributed by atoms with Crippen molar-refractivity contribution in [3.05, 3.63) is 5.01 Å². The van der Waals surface area contributed by atoms with Gasteiger partial charge in [0.05, 0.1) is 6.10 Å². The van der Waals surface area contributed by atoms with Crippen LogP contribution in [0.3, 0.4) is 0 Å². The van der Waals surface area contributed by atoms with Crippen molar-refractivity contribution in [2.75, 3.05) is 0 Å². The van der Waals surface area contributed by atoms with Crippen molar-refractivity contribution < 1.29 is 5.11 Å². The van der Waals surface area contributed by atoms with Gasteiger partial charge in [0, 0.05) is 5.25 Å². The molecule has 1 aromatic rings. The fourth-order valence-electron chi connectivity index (χ4n) is 1.50. The molecule has 0 unspecified atom stereocenters. The SMILES string of the molecule is Cc1nnc(S[C@@H]2CCC[C@H]2O)s1. The van der Waals surface area contributed by atoms with Crippen molar-refractivity contribution in [2.24, 2.45) is 0 Å². The molecule has 2 rings (SSSR count). The van der Waals surface area contributed by atoms with E-state index in [1.807, 2.05) is 6.92 Å². The Kier molecular flexibility index (Phi) is 2.86. The molecule has 1 aromatic heterocycles. The van der Waals surface area contributed by atoms with Gasteiger partial charge in [-0.15, -0.1) is 10.2 Å². The molecule has 1 aliphatic carbocycles. The maximum atomic E-state index is 9.59. The smallest absolute Gasteiger partial charge is 0.174 e. The van der Waals surface area contributed by atoms with Gasteiger partial charge in [-0.3, -0.25) is 0 Å². The highest BCUT2D eigenvalue weighted by atomic mass is 32.2. The number of nitrogens with zero attached hydrogens (tertiary/aromatic N) is 2. The maximum absolute atomic E-state index is 9.59. The summed E-state index contributed by atoms with van der Waals surface area (Å²) in [7, 11) is 0. The van der Waals surface area contributed by atoms with Crippen molar-refractivity contribution in [3.63, 3.8) is 0 Å². The number of hydrogen-bond acceptors (Lipinski definition) is 5. The summed E-state index contributed by atoms with van der Waals surface area (Å²) in [5.74, 6) is 0. The van der Waals surface area contributed by atoms with Gasteiger partial charge >= 0.3 is 0 Å². The first-order valence-corrected chi connectivity index (χ1v) is 6.10. The van der Waals surface area contributed by atoms with Crippen LogP contribution in [0.5, 0.6) is 0 Å². The lowest BCUT2D eigenvalue weighted by Gasteiger charge is -2.10. The predicted octanol–water partition coefficient (Wildman–Crippen LogP) is 1.85. The van der Waals surface area contributed by atoms with Gasteiger partial charge in [0.15, 0.2) is 4.34 Å². The Bertz CT molecular complexity index is 289. The number of rotatable bonds is 2. The third-order valence-corrected chi connectivity index (χ3v) is 4.49. The molecular formula is C8H12N2OS2. The Morgan fingerprint density at radius 2 is 2.31 bits per heavy atom. The summed E-state index contributed by atoms with van der Waals surface area (Å²) in [6.45, 7) is 1.95. The highest BCUT2D eigenvalue weighted by molar-refractivity contribution is 8.01. The summed E-state index contributed by atoms with van der Waals surface area (Å²) in [6, 6.07) is 0. The van der Waals surface area contributed by atoms with E-state index < -0.39 is 0 Å². The first-order valence-electron chi connectivity index (χ1n) is 4.40. The minimum Gasteiger partial charge on any atom is -0.392 e. The summed E-state index contributed by atoms with van der Waals surface area (Å²) in [5, 5.41) is 18.9. The zero-order chi connectivity index (χ0) is 9.26. The van der Waals surface area contributed by atoms with E-state index in [9.17, 15) is 5.11 Å². The summed E-state index contributed by atoms with van der Waals surface area (Å²) >= 11 is 3.28. The molecule has 0 spiro atoms. The molecule has 1 N–H and O–H groups in total. The second kappa shape index (κ2) is 3.94. The van der Waals surface area contributed by atoms with E-state index in [0.717, 1.165) is 28.6 Å². The maximum Gasteiger partial charge on any atom is 0.174 e. The van der Waals surface area contributed by atoms with E-state index in [1.54, 1.807) is 23.1 Å². The second-order valence-corrected chi connectivity index (χ2v) is 5.91. The quantitative estimate of drug-likeness (QED) is 0.819. The van der Waals surface area contributed by atoms with E-state index in [0.29, 0.717) is 5.25 Å². The number of aliphatic hydroxyl groups is 1. The molecule has 0 saturated heterocycles. The van der Waals surface area contributed by atoms with Crippen LogP contribution in [0.15, 0.2) is 4.34 Å². The largest absolute Gasteiger partial charge is 0.392 e. The summed E-state index contributed by atoms with van der Waals surface area (Å²) in [5.41, 5.74) is 0. The van der Waals surface area contributed by atoms with Crippen molar-refractivity contribution >= 4 is 23.1 Å². The van der Waals surface area contributed by atoms with Gasteiger partial charge in [0.25, 0.3) is 0 Å². The average molecular weight is 216 g/mol. The summed E-state index contributed by atoms with van der Waals surface area (Å²) in [6.07, 6.45) is 3.03. The molecule has 0 aliphatic heterocycles. The number of aryl methyl sites for hydroxylation is 1. The minimum absolute atomic E-state index is 0.144. The Morgan fingerprint density at radius 3 is 2.85 bits per heavy atom. The van der Waals surface area contributed by atoms with E-state index in [1.165, 1.54) is 0 Å². The van der Waals surface area contributed by atoms with Crippen LogP contribution in [-0.2, 0) is 0 Å². The molecular weight excluding hydrogens is 204 g/mol. The van der Waals surface area contributed by atoms with E-state index in [2.05, 4.69) is 10.2 Å². The van der Waals surface area contributed by atoms with Crippen LogP contribution in [0.25, 0.3) is 0 Å². The lowest BCUT2D eigenvalue weighted by molar-refractivity contribution is 0.188. The molecule has 13 heavy (non-hydrogen) atoms. The molecule has 0 amide bonds. The summed E-state index contributed by atoms with van der Waals surface area (Å²) in [4.78, 5) is 0. The van der Waals surface area contributed by atoms with Crippen LogP contribution in [0.1, 0.15) is 24.3 Å². The van der Waals surface area contributed by atoms with Crippen molar-refractivity contribution in [1.29, 1.82) is 0 Å². The molecule has 0 aromatic carbocycles. The van der Waals surface area contributed by atoms with Crippen molar-refractivity contribution in [3.8, 4) is 0 Å². The first-order chi connectivity index (χ1) is 6.25. The normalized spacial score (nSPS) is 28.2. The number of thioether (sulfide) groups is 1. The van der Waals surface area contributed by atoms with Gasteiger partial charge in [0.2, 0.25) is 0 Å². The zero-order valence-electron chi connectivity index (χ0n) is 7.43.